The van der Waals surface area contributed by atoms with Gasteiger partial charge in [0, 0.05) is 30.4 Å². The van der Waals surface area contributed by atoms with Gasteiger partial charge in [-0.05, 0) is 36.9 Å². The van der Waals surface area contributed by atoms with Crippen LogP contribution in [0.4, 0.5) is 4.39 Å². The van der Waals surface area contributed by atoms with Crippen molar-refractivity contribution in [2.45, 2.75) is 13.0 Å². The highest BCUT2D eigenvalue weighted by Crippen LogP contribution is 2.32. The maximum absolute atomic E-state index is 12.7. The molecule has 5 nitrogen and oxygen atoms in total. The van der Waals surface area contributed by atoms with Gasteiger partial charge in [0.05, 0.1) is 6.04 Å². The number of pyridine rings is 1. The number of amides is 1. The summed E-state index contributed by atoms with van der Waals surface area (Å²) in [4.78, 5) is 22.1. The summed E-state index contributed by atoms with van der Waals surface area (Å²) in [6, 6.07) is 1.40. The van der Waals surface area contributed by atoms with E-state index in [0.717, 1.165) is 11.1 Å². The first-order valence-corrected chi connectivity index (χ1v) is 8.50. The lowest BCUT2D eigenvalue weighted by Crippen LogP contribution is -2.30. The fourth-order valence-electron chi connectivity index (χ4n) is 2.50. The molecule has 0 radical (unpaired) electrons. The van der Waals surface area contributed by atoms with Gasteiger partial charge in [-0.3, -0.25) is 9.79 Å². The van der Waals surface area contributed by atoms with Crippen LogP contribution in [0.1, 0.15) is 18.5 Å². The molecule has 0 aliphatic carbocycles. The second-order valence-corrected chi connectivity index (χ2v) is 6.03. The smallest absolute Gasteiger partial charge is 0.254 e. The Bertz CT molecular complexity index is 722. The van der Waals surface area contributed by atoms with E-state index in [0.29, 0.717) is 12.1 Å². The van der Waals surface area contributed by atoms with Gasteiger partial charge in [0.15, 0.2) is 0 Å². The van der Waals surface area contributed by atoms with Crippen molar-refractivity contribution in [3.63, 3.8) is 0 Å². The molecule has 0 fully saturated rings. The number of aromatic nitrogens is 1. The highest BCUT2D eigenvalue weighted by Gasteiger charge is 2.32. The normalized spacial score (nSPS) is 16.0. The molecule has 8 heteroatoms. The number of hydrogen-bond donors (Lipinski definition) is 0. The molecule has 1 aromatic heterocycles. The molecule has 0 aromatic carbocycles. The van der Waals surface area contributed by atoms with Crippen LogP contribution in [0.25, 0.3) is 0 Å². The highest BCUT2D eigenvalue weighted by atomic mass is 35.5. The summed E-state index contributed by atoms with van der Waals surface area (Å²) in [6.45, 7) is 4.92. The zero-order valence-corrected chi connectivity index (χ0v) is 15.2. The Morgan fingerprint density at radius 1 is 1.60 bits per heavy atom. The number of ether oxygens (including phenoxy) is 1. The molecule has 1 aromatic rings. The van der Waals surface area contributed by atoms with E-state index in [1.807, 2.05) is 6.92 Å². The Balaban J connectivity index is 2.20. The largest absolute Gasteiger partial charge is 0.474 e. The molecule has 134 valence electrons. The highest BCUT2D eigenvalue weighted by molar-refractivity contribution is 6.31. The quantitative estimate of drug-likeness (QED) is 0.505. The van der Waals surface area contributed by atoms with Gasteiger partial charge in [0.1, 0.15) is 18.3 Å². The fourth-order valence-corrected chi connectivity index (χ4v) is 2.96. The number of hydrogen-bond acceptors (Lipinski definition) is 4. The third-order valence-corrected chi connectivity index (χ3v) is 4.43. The van der Waals surface area contributed by atoms with Crippen molar-refractivity contribution in [1.29, 1.82) is 0 Å². The maximum atomic E-state index is 12.7. The predicted octanol–water partition coefficient (Wildman–Crippen LogP) is 3.74. The van der Waals surface area contributed by atoms with Crippen molar-refractivity contribution < 1.29 is 13.9 Å². The van der Waals surface area contributed by atoms with Crippen LogP contribution in [-0.2, 0) is 4.79 Å². The lowest BCUT2D eigenvalue weighted by atomic mass is 10.1. The van der Waals surface area contributed by atoms with Gasteiger partial charge in [0.25, 0.3) is 5.91 Å². The summed E-state index contributed by atoms with van der Waals surface area (Å²) in [5.41, 5.74) is 2.09. The van der Waals surface area contributed by atoms with Crippen LogP contribution >= 0.6 is 23.2 Å². The lowest BCUT2D eigenvalue weighted by Gasteiger charge is -2.25. The van der Waals surface area contributed by atoms with E-state index >= 15 is 0 Å². The van der Waals surface area contributed by atoms with Crippen molar-refractivity contribution in [2.24, 2.45) is 4.99 Å². The molecule has 1 aliphatic heterocycles. The summed E-state index contributed by atoms with van der Waals surface area (Å²) in [5.74, 6) is 0.279. The SMILES string of the molecule is C=N/C=C\C1=C(CCl)CN(C(C)c2cnc(OCCF)c(Cl)c2)C1=O. The van der Waals surface area contributed by atoms with Crippen molar-refractivity contribution in [3.8, 4) is 5.88 Å². The van der Waals surface area contributed by atoms with Crippen LogP contribution in [0.15, 0.2) is 40.7 Å². The van der Waals surface area contributed by atoms with Gasteiger partial charge in [-0.25, -0.2) is 9.37 Å². The van der Waals surface area contributed by atoms with E-state index in [1.54, 1.807) is 23.2 Å². The third kappa shape index (κ3) is 4.38. The number of nitrogens with zero attached hydrogens (tertiary/aromatic N) is 3. The number of aliphatic imine (C=N–C) groups is 1. The van der Waals surface area contributed by atoms with Gasteiger partial charge in [-0.1, -0.05) is 11.6 Å². The molecule has 1 atom stereocenters. The average molecular weight is 386 g/mol. The molecular weight excluding hydrogens is 368 g/mol. The standard InChI is InChI=1S/C17H18Cl2FN3O2/c1-11(12-7-15(19)16(22-9-12)25-6-4-20)23-10-13(8-18)14(17(23)24)3-5-21-2/h3,5,7,9,11H,2,4,6,8,10H2,1H3/b5-3-. The van der Waals surface area contributed by atoms with E-state index in [4.69, 9.17) is 27.9 Å². The topological polar surface area (TPSA) is 54.8 Å². The number of halogens is 3. The summed E-state index contributed by atoms with van der Waals surface area (Å²) in [5, 5.41) is 0.269. The molecule has 0 bridgehead atoms. The molecule has 0 saturated carbocycles. The predicted molar refractivity (Wildman–Crippen MR) is 97.3 cm³/mol. The third-order valence-electron chi connectivity index (χ3n) is 3.84. The van der Waals surface area contributed by atoms with E-state index in [2.05, 4.69) is 16.7 Å². The fraction of sp³-hybridized carbons (Fsp3) is 0.353. The number of alkyl halides is 2. The van der Waals surface area contributed by atoms with Gasteiger partial charge in [0.2, 0.25) is 5.88 Å². The van der Waals surface area contributed by atoms with Crippen LogP contribution in [0.5, 0.6) is 5.88 Å². The monoisotopic (exact) mass is 385 g/mol. The van der Waals surface area contributed by atoms with Crippen molar-refractivity contribution in [3.05, 3.63) is 46.3 Å². The Hall–Kier alpha value is -1.92. The first kappa shape index (κ1) is 19.4. The Kier molecular flexibility index (Phi) is 6.96. The Labute approximate surface area is 155 Å². The van der Waals surface area contributed by atoms with Gasteiger partial charge in [-0.2, -0.15) is 0 Å². The first-order valence-electron chi connectivity index (χ1n) is 7.59. The zero-order valence-electron chi connectivity index (χ0n) is 13.7. The summed E-state index contributed by atoms with van der Waals surface area (Å²) < 4.78 is 17.3. The molecular formula is C17H18Cl2FN3O2. The molecule has 1 aliphatic rings. The van der Waals surface area contributed by atoms with E-state index < -0.39 is 6.67 Å². The summed E-state index contributed by atoms with van der Waals surface area (Å²) in [7, 11) is 0. The minimum atomic E-state index is -0.624. The molecule has 1 unspecified atom stereocenters. The molecule has 0 N–H and O–H groups in total. The number of carbonyl (C=O) groups is 1. The van der Waals surface area contributed by atoms with Crippen molar-refractivity contribution in [2.75, 3.05) is 25.7 Å². The van der Waals surface area contributed by atoms with Crippen LogP contribution in [0.3, 0.4) is 0 Å². The molecule has 2 rings (SSSR count). The van der Waals surface area contributed by atoms with Crippen LogP contribution in [0.2, 0.25) is 5.02 Å². The molecule has 1 amide bonds. The van der Waals surface area contributed by atoms with Crippen molar-refractivity contribution >= 4 is 35.8 Å². The Morgan fingerprint density at radius 2 is 2.36 bits per heavy atom. The van der Waals surface area contributed by atoms with Crippen molar-refractivity contribution in [1.82, 2.24) is 9.88 Å². The zero-order chi connectivity index (χ0) is 18.4. The van der Waals surface area contributed by atoms with Crippen LogP contribution < -0.4 is 4.74 Å². The maximum Gasteiger partial charge on any atom is 0.254 e. The van der Waals surface area contributed by atoms with Crippen LogP contribution in [-0.4, -0.2) is 48.2 Å². The number of rotatable bonds is 8. The molecule has 0 spiro atoms. The molecule has 25 heavy (non-hydrogen) atoms. The van der Waals surface area contributed by atoms with Gasteiger partial charge >= 0.3 is 0 Å². The number of carbonyl (C=O) groups excluding carboxylic acids is 1. The lowest BCUT2D eigenvalue weighted by molar-refractivity contribution is -0.127. The molecule has 2 heterocycles. The summed E-state index contributed by atoms with van der Waals surface area (Å²) in [6.07, 6.45) is 4.64. The van der Waals surface area contributed by atoms with Gasteiger partial charge < -0.3 is 9.64 Å². The minimum absolute atomic E-state index is 0.109. The molecule has 0 saturated heterocycles. The van der Waals surface area contributed by atoms with E-state index in [9.17, 15) is 9.18 Å². The second-order valence-electron chi connectivity index (χ2n) is 5.35. The Morgan fingerprint density at radius 3 is 2.96 bits per heavy atom. The second kappa shape index (κ2) is 8.97. The van der Waals surface area contributed by atoms with E-state index in [1.165, 1.54) is 6.20 Å². The van der Waals surface area contributed by atoms with Crippen LogP contribution in [0, 0.1) is 0 Å². The average Bonchev–Trinajstić information content (AvgIpc) is 2.94. The first-order chi connectivity index (χ1) is 12.0. The minimum Gasteiger partial charge on any atom is -0.474 e. The van der Waals surface area contributed by atoms with E-state index in [-0.39, 0.29) is 35.3 Å². The van der Waals surface area contributed by atoms with Gasteiger partial charge in [-0.15, -0.1) is 11.6 Å². The summed E-state index contributed by atoms with van der Waals surface area (Å²) >= 11 is 12.1.